The van der Waals surface area contributed by atoms with Crippen molar-refractivity contribution < 1.29 is 66.1 Å². The fourth-order valence-electron chi connectivity index (χ4n) is 3.51. The normalized spacial score (nSPS) is 12.5. The lowest BCUT2D eigenvalue weighted by molar-refractivity contribution is -0.0279. The van der Waals surface area contributed by atoms with E-state index in [0.717, 1.165) is 0 Å². The van der Waals surface area contributed by atoms with E-state index < -0.39 is 13.9 Å². The Morgan fingerprint density at radius 3 is 0.885 bits per heavy atom. The van der Waals surface area contributed by atoms with Crippen LogP contribution in [0, 0.1) is 0 Å². The number of likely N-dealkylation sites (N-methyl/N-ethyl adjacent to an activating group) is 1. The van der Waals surface area contributed by atoms with Gasteiger partial charge in [0.2, 0.25) is 0 Å². The lowest BCUT2D eigenvalue weighted by atomic mass is 10.2. The van der Waals surface area contributed by atoms with Gasteiger partial charge in [0.25, 0.3) is 0 Å². The van der Waals surface area contributed by atoms with E-state index >= 15 is 0 Å². The van der Waals surface area contributed by atoms with Crippen LogP contribution >= 0.6 is 0 Å². The van der Waals surface area contributed by atoms with E-state index in [4.69, 9.17) is 61.3 Å². The van der Waals surface area contributed by atoms with Crippen molar-refractivity contribution in [3.05, 3.63) is 0 Å². The molecule has 312 valence electrons. The number of nitrogens with zero attached hydrogens (tertiary/aromatic N) is 1. The van der Waals surface area contributed by atoms with Crippen LogP contribution in [0.5, 0.6) is 0 Å². The maximum Gasteiger partial charge on any atom is 0.410 e. The van der Waals surface area contributed by atoms with E-state index in [1.807, 2.05) is 20.8 Å². The third-order valence-electron chi connectivity index (χ3n) is 7.49. The average molecular weight is 774 g/mol. The number of carbonyl (C=O) groups excluding carboxylic acids is 1. The Hall–Kier alpha value is -0.993. The first-order chi connectivity index (χ1) is 24.8. The fourth-order valence-corrected chi connectivity index (χ4v) is 4.53. The molecule has 0 saturated carbocycles. The van der Waals surface area contributed by atoms with Crippen molar-refractivity contribution in [1.82, 2.24) is 4.90 Å². The van der Waals surface area contributed by atoms with E-state index in [0.29, 0.717) is 159 Å². The Balaban J connectivity index is 3.19. The molecule has 16 heteroatoms. The summed E-state index contributed by atoms with van der Waals surface area (Å²) in [6.07, 6.45) is -0.364. The van der Waals surface area contributed by atoms with Crippen molar-refractivity contribution in [3.63, 3.8) is 0 Å². The minimum Gasteiger partial charge on any atom is -0.444 e. The molecule has 0 rings (SSSR count). The molecule has 0 fully saturated rings. The summed E-state index contributed by atoms with van der Waals surface area (Å²) in [5.74, 6) is 0. The smallest absolute Gasteiger partial charge is 0.410 e. The molecular weight excluding hydrogens is 698 g/mol. The summed E-state index contributed by atoms with van der Waals surface area (Å²) in [7, 11) is -0.0211. The predicted octanol–water partition coefficient (Wildman–Crippen LogP) is 4.06. The highest BCUT2D eigenvalue weighted by Crippen LogP contribution is 2.36. The molecule has 52 heavy (non-hydrogen) atoms. The van der Waals surface area contributed by atoms with Gasteiger partial charge in [0.05, 0.1) is 152 Å². The first-order valence-corrected chi connectivity index (χ1v) is 21.6. The number of ether oxygens (including phenoxy) is 12. The largest absolute Gasteiger partial charge is 0.444 e. The van der Waals surface area contributed by atoms with Gasteiger partial charge in [-0.3, -0.25) is 0 Å². The maximum atomic E-state index is 11.9. The molecule has 15 nitrogen and oxygen atoms in total. The van der Waals surface area contributed by atoms with Crippen LogP contribution in [-0.2, 0) is 61.3 Å². The minimum atomic E-state index is -1.70. The summed E-state index contributed by atoms with van der Waals surface area (Å²) < 4.78 is 71.9. The van der Waals surface area contributed by atoms with Crippen molar-refractivity contribution in [2.24, 2.45) is 0 Å². The molecule has 0 radical (unpaired) electrons. The van der Waals surface area contributed by atoms with E-state index in [1.54, 1.807) is 7.05 Å². The quantitative estimate of drug-likeness (QED) is 0.0662. The molecule has 0 aliphatic rings. The molecule has 0 heterocycles. The average Bonchev–Trinajstić information content (AvgIpc) is 3.06. The summed E-state index contributed by atoms with van der Waals surface area (Å²) >= 11 is 0. The van der Waals surface area contributed by atoms with Crippen LogP contribution in [0.2, 0.25) is 18.1 Å². The van der Waals surface area contributed by atoms with Gasteiger partial charge in [-0.25, -0.2) is 4.79 Å². The van der Waals surface area contributed by atoms with Crippen LogP contribution in [-0.4, -0.2) is 190 Å². The van der Waals surface area contributed by atoms with Crippen molar-refractivity contribution in [1.29, 1.82) is 0 Å². The summed E-state index contributed by atoms with van der Waals surface area (Å²) in [6.45, 7) is 28.8. The van der Waals surface area contributed by atoms with E-state index in [1.165, 1.54) is 4.90 Å². The second-order valence-corrected chi connectivity index (χ2v) is 19.1. The molecule has 0 bridgehead atoms. The predicted molar refractivity (Wildman–Crippen MR) is 201 cm³/mol. The Bertz CT molecular complexity index is 798. The Labute approximate surface area is 315 Å². The second kappa shape index (κ2) is 33.4. The molecule has 0 atom stereocenters. The molecule has 0 aromatic heterocycles. The van der Waals surface area contributed by atoms with Gasteiger partial charge in [-0.1, -0.05) is 20.8 Å². The highest BCUT2D eigenvalue weighted by molar-refractivity contribution is 6.74. The van der Waals surface area contributed by atoms with Gasteiger partial charge in [-0.15, -0.1) is 0 Å². The second-order valence-electron chi connectivity index (χ2n) is 14.2. The SMILES string of the molecule is CN(CCOCCOCCOCCOCCOCCOCCOCCOCCOCCOCCOCCO[Si](C)(C)C(C)(C)C)C(=O)OC(C)(C)C. The van der Waals surface area contributed by atoms with Gasteiger partial charge < -0.3 is 66.2 Å². The summed E-state index contributed by atoms with van der Waals surface area (Å²) in [5, 5.41) is 0.213. The lowest BCUT2D eigenvalue weighted by Gasteiger charge is -2.36. The van der Waals surface area contributed by atoms with Crippen LogP contribution in [0.3, 0.4) is 0 Å². The van der Waals surface area contributed by atoms with Crippen LogP contribution in [0.4, 0.5) is 4.79 Å². The molecule has 0 spiro atoms. The fraction of sp³-hybridized carbons (Fsp3) is 0.972. The third-order valence-corrected chi connectivity index (χ3v) is 12.0. The zero-order chi connectivity index (χ0) is 38.8. The first-order valence-electron chi connectivity index (χ1n) is 18.7. The molecule has 0 aromatic carbocycles. The van der Waals surface area contributed by atoms with Gasteiger partial charge >= 0.3 is 6.09 Å². The molecular formula is C36H75NO14Si. The summed E-state index contributed by atoms with van der Waals surface area (Å²) in [6, 6.07) is 0. The van der Waals surface area contributed by atoms with Crippen molar-refractivity contribution in [2.75, 3.05) is 166 Å². The Kier molecular flexibility index (Phi) is 32.7. The van der Waals surface area contributed by atoms with Crippen LogP contribution in [0.1, 0.15) is 41.5 Å². The Morgan fingerprint density at radius 1 is 0.423 bits per heavy atom. The number of rotatable bonds is 37. The monoisotopic (exact) mass is 773 g/mol. The minimum absolute atomic E-state index is 0.213. The third kappa shape index (κ3) is 34.8. The number of carbonyl (C=O) groups is 1. The summed E-state index contributed by atoms with van der Waals surface area (Å²) in [5.41, 5.74) is -0.511. The van der Waals surface area contributed by atoms with Crippen LogP contribution < -0.4 is 0 Å². The summed E-state index contributed by atoms with van der Waals surface area (Å²) in [4.78, 5) is 13.4. The van der Waals surface area contributed by atoms with Crippen molar-refractivity contribution >= 4 is 14.4 Å². The molecule has 0 saturated heterocycles. The molecule has 0 aromatic rings. The van der Waals surface area contributed by atoms with Crippen molar-refractivity contribution in [3.8, 4) is 0 Å². The number of hydrogen-bond donors (Lipinski definition) is 0. The molecule has 0 aliphatic heterocycles. The van der Waals surface area contributed by atoms with Crippen LogP contribution in [0.15, 0.2) is 0 Å². The first kappa shape index (κ1) is 51.0. The molecule has 1 amide bonds. The zero-order valence-corrected chi connectivity index (χ0v) is 35.1. The van der Waals surface area contributed by atoms with Gasteiger partial charge in [-0.05, 0) is 38.9 Å². The van der Waals surface area contributed by atoms with Crippen LogP contribution in [0.25, 0.3) is 0 Å². The highest BCUT2D eigenvalue weighted by atomic mass is 28.4. The maximum absolute atomic E-state index is 11.9. The van der Waals surface area contributed by atoms with Gasteiger partial charge in [0.15, 0.2) is 8.32 Å². The van der Waals surface area contributed by atoms with Crippen molar-refractivity contribution in [2.45, 2.75) is 65.3 Å². The lowest BCUT2D eigenvalue weighted by Crippen LogP contribution is -2.41. The molecule has 0 aliphatic carbocycles. The number of hydrogen-bond acceptors (Lipinski definition) is 14. The Morgan fingerprint density at radius 2 is 0.654 bits per heavy atom. The topological polar surface area (TPSA) is 140 Å². The standard InChI is InChI=1S/C36H75NO14Si/c1-35(2,3)51-34(38)37(7)10-11-39-12-13-40-14-15-41-16-17-42-18-19-43-20-21-44-22-23-45-24-25-46-26-27-47-28-29-48-30-31-49-32-33-50-52(8,9)36(4,5)6/h10-33H2,1-9H3. The number of amides is 1. The van der Waals surface area contributed by atoms with E-state index in [-0.39, 0.29) is 11.1 Å². The van der Waals surface area contributed by atoms with E-state index in [9.17, 15) is 4.79 Å². The van der Waals surface area contributed by atoms with Gasteiger partial charge in [-0.2, -0.15) is 0 Å². The zero-order valence-electron chi connectivity index (χ0n) is 34.1. The molecule has 0 N–H and O–H groups in total. The highest BCUT2D eigenvalue weighted by Gasteiger charge is 2.36. The van der Waals surface area contributed by atoms with Gasteiger partial charge in [0, 0.05) is 13.6 Å². The van der Waals surface area contributed by atoms with Gasteiger partial charge in [0.1, 0.15) is 5.60 Å². The van der Waals surface area contributed by atoms with E-state index in [2.05, 4.69) is 33.9 Å². The molecule has 0 unspecified atom stereocenters.